The quantitative estimate of drug-likeness (QED) is 0.295. The number of hydrogen-bond acceptors (Lipinski definition) is 8. The van der Waals surface area contributed by atoms with Crippen LogP contribution in [0.15, 0.2) is 48.5 Å². The topological polar surface area (TPSA) is 123 Å². The Labute approximate surface area is 206 Å². The number of benzene rings is 2. The van der Waals surface area contributed by atoms with Crippen molar-refractivity contribution in [1.29, 1.82) is 0 Å². The molecule has 2 aromatic carbocycles. The Morgan fingerprint density at radius 3 is 2.03 bits per heavy atom. The van der Waals surface area contributed by atoms with E-state index in [2.05, 4.69) is 9.97 Å². The summed E-state index contributed by atoms with van der Waals surface area (Å²) in [5.74, 6) is 1.43. The minimum absolute atomic E-state index is 0. The van der Waals surface area contributed by atoms with E-state index in [-0.39, 0.29) is 30.1 Å². The molecule has 9 heteroatoms. The second kappa shape index (κ2) is 13.3. The maximum Gasteiger partial charge on any atom is 0.338 e. The Balaban J connectivity index is 0.00000408. The second-order valence-electron chi connectivity index (χ2n) is 7.32. The van der Waals surface area contributed by atoms with E-state index in [9.17, 15) is 4.79 Å². The molecule has 1 aromatic heterocycles. The molecule has 0 saturated carbocycles. The standard InChI is InChI=1S/C25H30N4O4.ClH/c1-3-21-22(23(26)29-25(27)28-21)33-16-6-5-15-32-20-13-11-18(12-14-20)17-7-9-19(10-8-17)24(30)31-4-2;/h7-14H,3-6,15-16H2,1-2H3,(H4,26,27,28,29);1H. The van der Waals surface area contributed by atoms with Crippen LogP contribution >= 0.6 is 12.4 Å². The largest absolute Gasteiger partial charge is 0.494 e. The number of ether oxygens (including phenoxy) is 3. The fraction of sp³-hybridized carbons (Fsp3) is 0.320. The zero-order chi connectivity index (χ0) is 23.6. The Morgan fingerprint density at radius 1 is 0.853 bits per heavy atom. The molecular weight excluding hydrogens is 456 g/mol. The SMILES string of the molecule is CCOC(=O)c1ccc(-c2ccc(OCCCCOc3c(N)nc(N)nc3CC)cc2)cc1.Cl. The first-order chi connectivity index (χ1) is 16.0. The van der Waals surface area contributed by atoms with E-state index >= 15 is 0 Å². The molecule has 0 unspecified atom stereocenters. The van der Waals surface area contributed by atoms with E-state index in [1.165, 1.54) is 0 Å². The lowest BCUT2D eigenvalue weighted by atomic mass is 10.0. The summed E-state index contributed by atoms with van der Waals surface area (Å²) in [6.45, 7) is 5.19. The molecule has 182 valence electrons. The van der Waals surface area contributed by atoms with Gasteiger partial charge < -0.3 is 25.7 Å². The monoisotopic (exact) mass is 486 g/mol. The van der Waals surface area contributed by atoms with Crippen molar-refractivity contribution in [3.8, 4) is 22.6 Å². The molecule has 0 fully saturated rings. The molecule has 3 rings (SSSR count). The zero-order valence-corrected chi connectivity index (χ0v) is 20.3. The fourth-order valence-corrected chi connectivity index (χ4v) is 3.26. The third kappa shape index (κ3) is 7.25. The van der Waals surface area contributed by atoms with Crippen LogP contribution in [0.2, 0.25) is 0 Å². The zero-order valence-electron chi connectivity index (χ0n) is 19.5. The predicted molar refractivity (Wildman–Crippen MR) is 136 cm³/mol. The molecule has 0 atom stereocenters. The van der Waals surface area contributed by atoms with Crippen molar-refractivity contribution in [2.24, 2.45) is 0 Å². The summed E-state index contributed by atoms with van der Waals surface area (Å²) in [5.41, 5.74) is 14.9. The lowest BCUT2D eigenvalue weighted by Gasteiger charge is -2.12. The average molecular weight is 487 g/mol. The molecule has 34 heavy (non-hydrogen) atoms. The van der Waals surface area contributed by atoms with E-state index in [0.29, 0.717) is 43.2 Å². The van der Waals surface area contributed by atoms with Crippen LogP contribution in [0.3, 0.4) is 0 Å². The third-order valence-corrected chi connectivity index (χ3v) is 4.95. The molecule has 8 nitrogen and oxygen atoms in total. The Bertz CT molecular complexity index is 1060. The van der Waals surface area contributed by atoms with E-state index < -0.39 is 0 Å². The molecule has 0 aliphatic heterocycles. The van der Waals surface area contributed by atoms with Crippen molar-refractivity contribution in [3.05, 3.63) is 59.8 Å². The van der Waals surface area contributed by atoms with Gasteiger partial charge in [-0.3, -0.25) is 0 Å². The van der Waals surface area contributed by atoms with Gasteiger partial charge in [-0.1, -0.05) is 31.2 Å². The van der Waals surface area contributed by atoms with Crippen LogP contribution in [-0.2, 0) is 11.2 Å². The number of hydrogen-bond donors (Lipinski definition) is 2. The number of unbranched alkanes of at least 4 members (excludes halogenated alkanes) is 1. The number of esters is 1. The second-order valence-corrected chi connectivity index (χ2v) is 7.32. The predicted octanol–water partition coefficient (Wildman–Crippen LogP) is 4.71. The highest BCUT2D eigenvalue weighted by Gasteiger charge is 2.11. The first-order valence-electron chi connectivity index (χ1n) is 11.1. The average Bonchev–Trinajstić information content (AvgIpc) is 2.82. The van der Waals surface area contributed by atoms with E-state index in [0.717, 1.165) is 29.7 Å². The van der Waals surface area contributed by atoms with Crippen LogP contribution in [0.4, 0.5) is 11.8 Å². The van der Waals surface area contributed by atoms with Crippen molar-refractivity contribution in [3.63, 3.8) is 0 Å². The van der Waals surface area contributed by atoms with Crippen LogP contribution in [0.5, 0.6) is 11.5 Å². The van der Waals surface area contributed by atoms with Gasteiger partial charge in [0.2, 0.25) is 5.95 Å². The number of aromatic nitrogens is 2. The van der Waals surface area contributed by atoms with Gasteiger partial charge in [0, 0.05) is 0 Å². The lowest BCUT2D eigenvalue weighted by molar-refractivity contribution is 0.0526. The van der Waals surface area contributed by atoms with Crippen molar-refractivity contribution >= 4 is 30.1 Å². The first kappa shape index (κ1) is 26.7. The molecular formula is C25H31ClN4O4. The number of aryl methyl sites for hydroxylation is 1. The number of halogens is 1. The minimum atomic E-state index is -0.311. The van der Waals surface area contributed by atoms with Crippen molar-refractivity contribution in [1.82, 2.24) is 9.97 Å². The van der Waals surface area contributed by atoms with Crippen molar-refractivity contribution in [2.45, 2.75) is 33.1 Å². The van der Waals surface area contributed by atoms with Crippen LogP contribution in [-0.4, -0.2) is 35.8 Å². The number of carbonyl (C=O) groups excluding carboxylic acids is 1. The van der Waals surface area contributed by atoms with Crippen LogP contribution in [0.25, 0.3) is 11.1 Å². The first-order valence-corrected chi connectivity index (χ1v) is 11.1. The molecule has 1 heterocycles. The minimum Gasteiger partial charge on any atom is -0.494 e. The third-order valence-electron chi connectivity index (χ3n) is 4.95. The molecule has 3 aromatic rings. The summed E-state index contributed by atoms with van der Waals surface area (Å²) in [4.78, 5) is 19.9. The van der Waals surface area contributed by atoms with Gasteiger partial charge in [-0.15, -0.1) is 12.4 Å². The molecule has 4 N–H and O–H groups in total. The molecule has 0 radical (unpaired) electrons. The molecule has 0 aliphatic rings. The Morgan fingerprint density at radius 2 is 1.44 bits per heavy atom. The van der Waals surface area contributed by atoms with Gasteiger partial charge in [0.05, 0.1) is 31.1 Å². The summed E-state index contributed by atoms with van der Waals surface area (Å²) >= 11 is 0. The number of nitrogens with zero attached hydrogens (tertiary/aromatic N) is 2. The van der Waals surface area contributed by atoms with Crippen LogP contribution < -0.4 is 20.9 Å². The van der Waals surface area contributed by atoms with Gasteiger partial charge in [0.1, 0.15) is 5.75 Å². The van der Waals surface area contributed by atoms with Crippen LogP contribution in [0, 0.1) is 0 Å². The fourth-order valence-electron chi connectivity index (χ4n) is 3.26. The number of rotatable bonds is 11. The molecule has 0 saturated heterocycles. The molecule has 0 bridgehead atoms. The van der Waals surface area contributed by atoms with E-state index in [4.69, 9.17) is 25.7 Å². The molecule has 0 aliphatic carbocycles. The lowest BCUT2D eigenvalue weighted by Crippen LogP contribution is -2.10. The highest BCUT2D eigenvalue weighted by atomic mass is 35.5. The van der Waals surface area contributed by atoms with Gasteiger partial charge >= 0.3 is 5.97 Å². The van der Waals surface area contributed by atoms with Gasteiger partial charge in [-0.25, -0.2) is 9.78 Å². The van der Waals surface area contributed by atoms with Gasteiger partial charge in [0.25, 0.3) is 0 Å². The number of nitrogen functional groups attached to an aromatic ring is 2. The van der Waals surface area contributed by atoms with Crippen molar-refractivity contribution < 1.29 is 19.0 Å². The van der Waals surface area contributed by atoms with E-state index in [1.54, 1.807) is 19.1 Å². The Hall–Kier alpha value is -3.52. The Kier molecular flexibility index (Phi) is 10.4. The maximum absolute atomic E-state index is 11.8. The number of nitrogens with two attached hydrogens (primary N) is 2. The van der Waals surface area contributed by atoms with Gasteiger partial charge in [0.15, 0.2) is 11.6 Å². The maximum atomic E-state index is 11.8. The van der Waals surface area contributed by atoms with Gasteiger partial charge in [-0.05, 0) is 61.6 Å². The smallest absolute Gasteiger partial charge is 0.338 e. The van der Waals surface area contributed by atoms with E-state index in [1.807, 2.05) is 43.3 Å². The number of anilines is 2. The summed E-state index contributed by atoms with van der Waals surface area (Å²) in [6.07, 6.45) is 2.30. The normalized spacial score (nSPS) is 10.3. The summed E-state index contributed by atoms with van der Waals surface area (Å²) < 4.78 is 16.6. The highest BCUT2D eigenvalue weighted by Crippen LogP contribution is 2.25. The molecule has 0 amide bonds. The van der Waals surface area contributed by atoms with Crippen molar-refractivity contribution in [2.75, 3.05) is 31.3 Å². The summed E-state index contributed by atoms with van der Waals surface area (Å²) in [5, 5.41) is 0. The van der Waals surface area contributed by atoms with Gasteiger partial charge in [-0.2, -0.15) is 4.98 Å². The highest BCUT2D eigenvalue weighted by molar-refractivity contribution is 5.90. The summed E-state index contributed by atoms with van der Waals surface area (Å²) in [6, 6.07) is 15.2. The van der Waals surface area contributed by atoms with Crippen LogP contribution in [0.1, 0.15) is 42.7 Å². The summed E-state index contributed by atoms with van der Waals surface area (Å²) in [7, 11) is 0. The molecule has 0 spiro atoms. The number of carbonyl (C=O) groups is 1.